The van der Waals surface area contributed by atoms with Crippen LogP contribution in [-0.2, 0) is 0 Å². The lowest BCUT2D eigenvalue weighted by Gasteiger charge is -1.99. The number of aliphatic hydroxyl groups excluding tert-OH is 1. The van der Waals surface area contributed by atoms with Crippen LogP contribution in [0.15, 0.2) is 0 Å². The molecule has 0 bridgehead atoms. The molecule has 0 atom stereocenters. The first-order valence-corrected chi connectivity index (χ1v) is 4.34. The highest BCUT2D eigenvalue weighted by atomic mass is 16.2. The number of hydrogen-bond acceptors (Lipinski definition) is 1. The first kappa shape index (κ1) is 10.5. The van der Waals surface area contributed by atoms with E-state index in [-0.39, 0.29) is 6.61 Å². The molecule has 0 aromatic carbocycles. The van der Waals surface area contributed by atoms with E-state index in [0.717, 1.165) is 12.3 Å². The third kappa shape index (κ3) is 9.52. The van der Waals surface area contributed by atoms with Crippen LogP contribution in [0.2, 0.25) is 0 Å². The summed E-state index contributed by atoms with van der Waals surface area (Å²) in [5.41, 5.74) is 0. The summed E-state index contributed by atoms with van der Waals surface area (Å²) in [6.07, 6.45) is 4.06. The molecule has 0 rings (SSSR count). The maximum Gasteiger partial charge on any atom is 0.0540 e. The molecule has 0 aliphatic carbocycles. The van der Waals surface area contributed by atoms with Crippen LogP contribution in [0.5, 0.6) is 0 Å². The molecule has 0 spiro atoms. The Labute approximate surface area is 69.8 Å². The van der Waals surface area contributed by atoms with Gasteiger partial charge < -0.3 is 5.11 Å². The molecular weight excluding hydrogens is 136 g/mol. The van der Waals surface area contributed by atoms with Gasteiger partial charge in [0.25, 0.3) is 0 Å². The fraction of sp³-hybridized carbons (Fsp3) is 0.800. The molecule has 64 valence electrons. The van der Waals surface area contributed by atoms with Crippen LogP contribution in [-0.4, -0.2) is 11.7 Å². The monoisotopic (exact) mass is 154 g/mol. The Morgan fingerprint density at radius 3 is 2.36 bits per heavy atom. The molecular formula is C10H18O. The van der Waals surface area contributed by atoms with Crippen molar-refractivity contribution in [2.45, 2.75) is 39.5 Å². The van der Waals surface area contributed by atoms with Gasteiger partial charge in [-0.05, 0) is 12.3 Å². The predicted molar refractivity (Wildman–Crippen MR) is 48.2 cm³/mol. The van der Waals surface area contributed by atoms with Gasteiger partial charge in [0.2, 0.25) is 0 Å². The van der Waals surface area contributed by atoms with E-state index < -0.39 is 0 Å². The second-order valence-corrected chi connectivity index (χ2v) is 3.11. The molecule has 0 aliphatic rings. The van der Waals surface area contributed by atoms with Crippen molar-refractivity contribution < 1.29 is 5.11 Å². The van der Waals surface area contributed by atoms with Crippen molar-refractivity contribution in [3.8, 4) is 11.8 Å². The van der Waals surface area contributed by atoms with Gasteiger partial charge in [-0.2, -0.15) is 0 Å². The molecule has 1 heteroatoms. The van der Waals surface area contributed by atoms with Gasteiger partial charge >= 0.3 is 0 Å². The van der Waals surface area contributed by atoms with Crippen molar-refractivity contribution in [2.75, 3.05) is 6.61 Å². The zero-order chi connectivity index (χ0) is 8.53. The van der Waals surface area contributed by atoms with Crippen LogP contribution in [0.1, 0.15) is 39.5 Å². The van der Waals surface area contributed by atoms with Crippen LogP contribution in [0.4, 0.5) is 0 Å². The number of rotatable bonds is 4. The van der Waals surface area contributed by atoms with E-state index in [2.05, 4.69) is 25.7 Å². The Morgan fingerprint density at radius 2 is 1.82 bits per heavy atom. The average Bonchev–Trinajstić information content (AvgIpc) is 1.96. The SMILES string of the molecule is CC(C)CCCC#CCCO. The van der Waals surface area contributed by atoms with Gasteiger partial charge in [-0.25, -0.2) is 0 Å². The fourth-order valence-electron chi connectivity index (χ4n) is 0.831. The van der Waals surface area contributed by atoms with Gasteiger partial charge in [-0.3, -0.25) is 0 Å². The van der Waals surface area contributed by atoms with Crippen molar-refractivity contribution >= 4 is 0 Å². The lowest BCUT2D eigenvalue weighted by atomic mass is 10.1. The molecule has 11 heavy (non-hydrogen) atoms. The number of unbranched alkanes of at least 4 members (excludes halogenated alkanes) is 1. The van der Waals surface area contributed by atoms with Crippen molar-refractivity contribution in [1.29, 1.82) is 0 Å². The topological polar surface area (TPSA) is 20.2 Å². The Hall–Kier alpha value is -0.480. The van der Waals surface area contributed by atoms with Gasteiger partial charge in [0.1, 0.15) is 0 Å². The molecule has 0 aromatic rings. The summed E-state index contributed by atoms with van der Waals surface area (Å²) in [6, 6.07) is 0. The summed E-state index contributed by atoms with van der Waals surface area (Å²) < 4.78 is 0. The van der Waals surface area contributed by atoms with E-state index >= 15 is 0 Å². The molecule has 0 saturated carbocycles. The molecule has 0 saturated heterocycles. The smallest absolute Gasteiger partial charge is 0.0540 e. The van der Waals surface area contributed by atoms with Crippen LogP contribution in [0.3, 0.4) is 0 Å². The highest BCUT2D eigenvalue weighted by Crippen LogP contribution is 2.04. The van der Waals surface area contributed by atoms with E-state index in [0.29, 0.717) is 6.42 Å². The average molecular weight is 154 g/mol. The fourth-order valence-corrected chi connectivity index (χ4v) is 0.831. The Balaban J connectivity index is 3.09. The van der Waals surface area contributed by atoms with Crippen molar-refractivity contribution in [3.05, 3.63) is 0 Å². The van der Waals surface area contributed by atoms with Crippen LogP contribution in [0.25, 0.3) is 0 Å². The molecule has 0 amide bonds. The molecule has 0 unspecified atom stereocenters. The second-order valence-electron chi connectivity index (χ2n) is 3.11. The first-order chi connectivity index (χ1) is 5.27. The Morgan fingerprint density at radius 1 is 1.18 bits per heavy atom. The zero-order valence-electron chi connectivity index (χ0n) is 7.56. The summed E-state index contributed by atoms with van der Waals surface area (Å²) in [7, 11) is 0. The van der Waals surface area contributed by atoms with E-state index in [1.165, 1.54) is 12.8 Å². The quantitative estimate of drug-likeness (QED) is 0.486. The molecule has 0 radical (unpaired) electrons. The highest BCUT2D eigenvalue weighted by molar-refractivity contribution is 4.98. The molecule has 1 N–H and O–H groups in total. The summed E-state index contributed by atoms with van der Waals surface area (Å²) in [6.45, 7) is 4.64. The zero-order valence-corrected chi connectivity index (χ0v) is 7.56. The normalized spacial score (nSPS) is 9.45. The molecule has 0 aromatic heterocycles. The van der Waals surface area contributed by atoms with Crippen LogP contribution < -0.4 is 0 Å². The van der Waals surface area contributed by atoms with Gasteiger partial charge in [0, 0.05) is 12.8 Å². The molecule has 1 nitrogen and oxygen atoms in total. The largest absolute Gasteiger partial charge is 0.395 e. The van der Waals surface area contributed by atoms with E-state index in [1.54, 1.807) is 0 Å². The third-order valence-corrected chi connectivity index (χ3v) is 1.45. The van der Waals surface area contributed by atoms with E-state index in [4.69, 9.17) is 5.11 Å². The van der Waals surface area contributed by atoms with Gasteiger partial charge in [0.15, 0.2) is 0 Å². The standard InChI is InChI=1S/C10H18O/c1-10(2)8-6-4-3-5-7-9-11/h10-11H,4,6-9H2,1-2H3. The van der Waals surface area contributed by atoms with Crippen molar-refractivity contribution in [1.82, 2.24) is 0 Å². The van der Waals surface area contributed by atoms with Gasteiger partial charge in [0.05, 0.1) is 6.61 Å². The number of aliphatic hydroxyl groups is 1. The predicted octanol–water partition coefficient (Wildman–Crippen LogP) is 2.20. The Bertz CT molecular complexity index is 128. The maximum absolute atomic E-state index is 8.41. The summed E-state index contributed by atoms with van der Waals surface area (Å²) >= 11 is 0. The second kappa shape index (κ2) is 7.63. The van der Waals surface area contributed by atoms with Crippen molar-refractivity contribution in [2.24, 2.45) is 5.92 Å². The van der Waals surface area contributed by atoms with E-state index in [9.17, 15) is 0 Å². The van der Waals surface area contributed by atoms with Crippen molar-refractivity contribution in [3.63, 3.8) is 0 Å². The lowest BCUT2D eigenvalue weighted by molar-refractivity contribution is 0.305. The summed E-state index contributed by atoms with van der Waals surface area (Å²) in [4.78, 5) is 0. The first-order valence-electron chi connectivity index (χ1n) is 4.34. The maximum atomic E-state index is 8.41. The molecule has 0 aliphatic heterocycles. The van der Waals surface area contributed by atoms with Crippen LogP contribution >= 0.6 is 0 Å². The Kier molecular flexibility index (Phi) is 7.29. The minimum absolute atomic E-state index is 0.192. The van der Waals surface area contributed by atoms with Crippen LogP contribution in [0, 0.1) is 17.8 Å². The minimum atomic E-state index is 0.192. The summed E-state index contributed by atoms with van der Waals surface area (Å²) in [5, 5.41) is 8.41. The van der Waals surface area contributed by atoms with Gasteiger partial charge in [-0.1, -0.05) is 20.3 Å². The molecule has 0 fully saturated rings. The highest BCUT2D eigenvalue weighted by Gasteiger charge is 1.90. The minimum Gasteiger partial charge on any atom is -0.395 e. The number of hydrogen-bond donors (Lipinski definition) is 1. The molecule has 0 heterocycles. The van der Waals surface area contributed by atoms with E-state index in [1.807, 2.05) is 0 Å². The third-order valence-electron chi connectivity index (χ3n) is 1.45. The summed E-state index contributed by atoms with van der Waals surface area (Å²) in [5.74, 6) is 6.73. The lowest BCUT2D eigenvalue weighted by Crippen LogP contribution is -1.85. The van der Waals surface area contributed by atoms with Gasteiger partial charge in [-0.15, -0.1) is 11.8 Å².